The molecule has 10 heteroatoms. The number of rotatable bonds is 7. The summed E-state index contributed by atoms with van der Waals surface area (Å²) in [5.74, 6) is -0.387. The van der Waals surface area contributed by atoms with Gasteiger partial charge < -0.3 is 25.2 Å². The smallest absolute Gasteiger partial charge is 0.329 e. The summed E-state index contributed by atoms with van der Waals surface area (Å²) in [4.78, 5) is 43.7. The van der Waals surface area contributed by atoms with E-state index < -0.39 is 11.6 Å². The van der Waals surface area contributed by atoms with Crippen LogP contribution >= 0.6 is 0 Å². The summed E-state index contributed by atoms with van der Waals surface area (Å²) in [6.07, 6.45) is 9.18. The average molecular weight is 587 g/mol. The second-order valence-corrected chi connectivity index (χ2v) is 12.5. The molecule has 1 aliphatic carbocycles. The fourth-order valence-corrected chi connectivity index (χ4v) is 6.88. The number of piperidine rings is 1. The molecule has 3 aliphatic rings. The van der Waals surface area contributed by atoms with E-state index in [1.807, 2.05) is 42.2 Å². The van der Waals surface area contributed by atoms with Crippen molar-refractivity contribution in [3.05, 3.63) is 59.3 Å². The SMILES string of the molecule is CCc1cc(CC(NC(=O)N2CCC(N3Cc4ccccc4NC3=O)CC2)C(=O)OC2(C)CCCCC2)cc2cn[nH]c12. The van der Waals surface area contributed by atoms with Crippen LogP contribution < -0.4 is 10.6 Å². The zero-order chi connectivity index (χ0) is 30.0. The molecule has 2 aromatic carbocycles. The fourth-order valence-electron chi connectivity index (χ4n) is 6.88. The lowest BCUT2D eigenvalue weighted by molar-refractivity contribution is -0.163. The van der Waals surface area contributed by atoms with Gasteiger partial charge in [-0.15, -0.1) is 0 Å². The van der Waals surface area contributed by atoms with E-state index in [9.17, 15) is 14.4 Å². The van der Waals surface area contributed by atoms with Gasteiger partial charge in [0.05, 0.1) is 11.7 Å². The molecule has 1 atom stereocenters. The summed E-state index contributed by atoms with van der Waals surface area (Å²) in [5.41, 5.74) is 4.52. The topological polar surface area (TPSA) is 120 Å². The van der Waals surface area contributed by atoms with Crippen LogP contribution in [0.3, 0.4) is 0 Å². The first-order chi connectivity index (χ1) is 20.8. The monoisotopic (exact) mass is 586 g/mol. The highest BCUT2D eigenvalue weighted by Gasteiger charge is 2.36. The Morgan fingerprint density at radius 3 is 2.67 bits per heavy atom. The van der Waals surface area contributed by atoms with E-state index in [-0.39, 0.29) is 24.1 Å². The first-order valence-electron chi connectivity index (χ1n) is 15.7. The Hall–Kier alpha value is -4.08. The van der Waals surface area contributed by atoms with Crippen molar-refractivity contribution < 1.29 is 19.1 Å². The Morgan fingerprint density at radius 2 is 1.91 bits per heavy atom. The third kappa shape index (κ3) is 6.33. The lowest BCUT2D eigenvalue weighted by Crippen LogP contribution is -2.55. The van der Waals surface area contributed by atoms with E-state index in [1.165, 1.54) is 0 Å². The molecule has 43 heavy (non-hydrogen) atoms. The fraction of sp³-hybridized carbons (Fsp3) is 0.515. The van der Waals surface area contributed by atoms with E-state index in [1.54, 1.807) is 11.1 Å². The predicted molar refractivity (Wildman–Crippen MR) is 165 cm³/mol. The van der Waals surface area contributed by atoms with Crippen LogP contribution in [0.1, 0.15) is 75.5 Å². The molecule has 1 saturated heterocycles. The van der Waals surface area contributed by atoms with Crippen LogP contribution in [0.25, 0.3) is 10.9 Å². The molecule has 6 rings (SSSR count). The van der Waals surface area contributed by atoms with Crippen molar-refractivity contribution in [1.82, 2.24) is 25.3 Å². The van der Waals surface area contributed by atoms with Gasteiger partial charge in [-0.05, 0) is 80.7 Å². The molecule has 1 saturated carbocycles. The molecule has 2 aliphatic heterocycles. The van der Waals surface area contributed by atoms with Crippen molar-refractivity contribution in [3.63, 3.8) is 0 Å². The number of benzene rings is 2. The second kappa shape index (κ2) is 12.3. The Bertz CT molecular complexity index is 1490. The van der Waals surface area contributed by atoms with E-state index in [0.717, 1.165) is 71.8 Å². The van der Waals surface area contributed by atoms with Gasteiger partial charge in [0.25, 0.3) is 0 Å². The number of hydrogen-bond donors (Lipinski definition) is 3. The van der Waals surface area contributed by atoms with E-state index >= 15 is 0 Å². The number of likely N-dealkylation sites (tertiary alicyclic amines) is 1. The highest BCUT2D eigenvalue weighted by atomic mass is 16.6. The van der Waals surface area contributed by atoms with Gasteiger partial charge in [0.1, 0.15) is 11.6 Å². The number of hydrogen-bond acceptors (Lipinski definition) is 5. The molecule has 0 bridgehead atoms. The number of nitrogens with one attached hydrogen (secondary N) is 3. The molecule has 2 fully saturated rings. The van der Waals surface area contributed by atoms with Crippen LogP contribution in [0.2, 0.25) is 0 Å². The second-order valence-electron chi connectivity index (χ2n) is 12.5. The van der Waals surface area contributed by atoms with Gasteiger partial charge in [-0.3, -0.25) is 5.10 Å². The molecule has 228 valence electrons. The quantitative estimate of drug-likeness (QED) is 0.315. The van der Waals surface area contributed by atoms with Gasteiger partial charge in [0.2, 0.25) is 0 Å². The summed E-state index contributed by atoms with van der Waals surface area (Å²) in [5, 5.41) is 14.3. The molecule has 1 aromatic heterocycles. The zero-order valence-electron chi connectivity index (χ0n) is 25.2. The van der Waals surface area contributed by atoms with Crippen molar-refractivity contribution in [1.29, 1.82) is 0 Å². The number of aryl methyl sites for hydroxylation is 1. The van der Waals surface area contributed by atoms with Crippen LogP contribution in [0.5, 0.6) is 0 Å². The number of esters is 1. The number of amides is 4. The number of anilines is 1. The lowest BCUT2D eigenvalue weighted by atomic mass is 9.86. The highest BCUT2D eigenvalue weighted by Crippen LogP contribution is 2.32. The lowest BCUT2D eigenvalue weighted by Gasteiger charge is -2.41. The number of aromatic nitrogens is 2. The standard InChI is InChI=1S/C33H42N6O4/c1-3-23-17-22(18-25-20-34-37-29(23)25)19-28(30(40)43-33(2)13-7-4-8-14-33)36-31(41)38-15-11-26(12-16-38)39-21-24-9-5-6-10-27(24)35-32(39)42/h5-6,9-10,17-18,20,26,28H,3-4,7-8,11-16,19,21H2,1-2H3,(H,34,37)(H,35,42)(H,36,41). The van der Waals surface area contributed by atoms with Crippen molar-refractivity contribution in [2.75, 3.05) is 18.4 Å². The van der Waals surface area contributed by atoms with Gasteiger partial charge in [0, 0.05) is 43.2 Å². The van der Waals surface area contributed by atoms with Crippen LogP contribution in [-0.4, -0.2) is 68.8 Å². The Labute approximate surface area is 252 Å². The van der Waals surface area contributed by atoms with Crippen LogP contribution in [0, 0.1) is 0 Å². The summed E-state index contributed by atoms with van der Waals surface area (Å²) in [7, 11) is 0. The van der Waals surface area contributed by atoms with Crippen LogP contribution in [0.15, 0.2) is 42.6 Å². The minimum atomic E-state index is -0.817. The van der Waals surface area contributed by atoms with Crippen molar-refractivity contribution in [3.8, 4) is 0 Å². The third-order valence-electron chi connectivity index (χ3n) is 9.40. The first kappa shape index (κ1) is 29.0. The predicted octanol–water partition coefficient (Wildman–Crippen LogP) is 5.52. The minimum absolute atomic E-state index is 0.0403. The molecule has 1 unspecified atom stereocenters. The maximum atomic E-state index is 13.7. The first-order valence-corrected chi connectivity index (χ1v) is 15.7. The van der Waals surface area contributed by atoms with E-state index in [0.29, 0.717) is 38.9 Å². The molecule has 0 spiro atoms. The number of fused-ring (bicyclic) bond motifs is 2. The molecule has 0 radical (unpaired) electrons. The molecule has 3 N–H and O–H groups in total. The number of carbonyl (C=O) groups is 3. The molecular formula is C33H42N6O4. The van der Waals surface area contributed by atoms with Crippen molar-refractivity contribution >= 4 is 34.6 Å². The maximum Gasteiger partial charge on any atom is 0.329 e. The van der Waals surface area contributed by atoms with Crippen molar-refractivity contribution in [2.45, 2.75) is 95.9 Å². The number of nitrogens with zero attached hydrogens (tertiary/aromatic N) is 3. The average Bonchev–Trinajstić information content (AvgIpc) is 3.49. The van der Waals surface area contributed by atoms with Gasteiger partial charge in [-0.25, -0.2) is 14.4 Å². The van der Waals surface area contributed by atoms with Crippen LogP contribution in [0.4, 0.5) is 15.3 Å². The molecule has 3 aromatic rings. The summed E-state index contributed by atoms with van der Waals surface area (Å²) >= 11 is 0. The number of H-pyrrole nitrogens is 1. The van der Waals surface area contributed by atoms with E-state index in [2.05, 4.69) is 33.8 Å². The summed E-state index contributed by atoms with van der Waals surface area (Å²) in [6.45, 7) is 5.67. The molecular weight excluding hydrogens is 544 g/mol. The normalized spacial score (nSPS) is 19.4. The molecule has 4 amide bonds. The number of para-hydroxylation sites is 1. The largest absolute Gasteiger partial charge is 0.458 e. The van der Waals surface area contributed by atoms with Gasteiger partial charge >= 0.3 is 18.0 Å². The molecule has 10 nitrogen and oxygen atoms in total. The van der Waals surface area contributed by atoms with Gasteiger partial charge in [-0.1, -0.05) is 37.6 Å². The molecule has 3 heterocycles. The Morgan fingerprint density at radius 1 is 1.14 bits per heavy atom. The summed E-state index contributed by atoms with van der Waals surface area (Å²) in [6, 6.07) is 10.8. The zero-order valence-corrected chi connectivity index (χ0v) is 25.2. The number of carbonyl (C=O) groups excluding carboxylic acids is 3. The number of urea groups is 2. The number of aromatic amines is 1. The Balaban J connectivity index is 1.14. The number of ether oxygens (including phenoxy) is 1. The van der Waals surface area contributed by atoms with Gasteiger partial charge in [-0.2, -0.15) is 5.10 Å². The van der Waals surface area contributed by atoms with Gasteiger partial charge in [0.15, 0.2) is 0 Å². The van der Waals surface area contributed by atoms with E-state index in [4.69, 9.17) is 4.74 Å². The highest BCUT2D eigenvalue weighted by molar-refractivity contribution is 5.92. The third-order valence-corrected chi connectivity index (χ3v) is 9.40. The summed E-state index contributed by atoms with van der Waals surface area (Å²) < 4.78 is 6.13. The maximum absolute atomic E-state index is 13.7. The van der Waals surface area contributed by atoms with Crippen LogP contribution in [-0.2, 0) is 28.9 Å². The van der Waals surface area contributed by atoms with Crippen molar-refractivity contribution in [2.24, 2.45) is 0 Å². The minimum Gasteiger partial charge on any atom is -0.458 e. The Kier molecular flexibility index (Phi) is 8.27.